The first-order chi connectivity index (χ1) is 12.0. The van der Waals surface area contributed by atoms with Gasteiger partial charge in [0.2, 0.25) is 0 Å². The van der Waals surface area contributed by atoms with Crippen molar-refractivity contribution in [2.45, 2.75) is 36.6 Å². The summed E-state index contributed by atoms with van der Waals surface area (Å²) in [6, 6.07) is 6.25. The highest BCUT2D eigenvalue weighted by Gasteiger charge is 2.25. The summed E-state index contributed by atoms with van der Waals surface area (Å²) in [5.41, 5.74) is 0.771. The normalized spacial score (nSPS) is 13.5. The molecule has 1 aromatic heterocycles. The molecule has 1 aromatic carbocycles. The van der Waals surface area contributed by atoms with Gasteiger partial charge in [-0.3, -0.25) is 4.72 Å². The number of nitrogens with zero attached hydrogens (tertiary/aromatic N) is 1. The van der Waals surface area contributed by atoms with E-state index in [2.05, 4.69) is 25.6 Å². The van der Waals surface area contributed by atoms with E-state index in [1.54, 1.807) is 12.1 Å². The van der Waals surface area contributed by atoms with E-state index in [0.29, 0.717) is 9.63 Å². The lowest BCUT2D eigenvalue weighted by molar-refractivity contribution is 0.168. The van der Waals surface area contributed by atoms with E-state index >= 15 is 0 Å². The number of hydrogen-bond donors (Lipinski definition) is 1. The summed E-state index contributed by atoms with van der Waals surface area (Å²) in [7, 11) is -2.35. The van der Waals surface area contributed by atoms with Gasteiger partial charge in [-0.05, 0) is 50.7 Å². The summed E-state index contributed by atoms with van der Waals surface area (Å²) >= 11 is 15.3. The molecule has 5 nitrogen and oxygen atoms in total. The lowest BCUT2D eigenvalue weighted by Crippen LogP contribution is -2.19. The van der Waals surface area contributed by atoms with Crippen molar-refractivity contribution in [2.24, 2.45) is 0 Å². The molecule has 0 radical (unpaired) electrons. The van der Waals surface area contributed by atoms with Crippen molar-refractivity contribution in [3.05, 3.63) is 51.2 Å². The highest BCUT2D eigenvalue weighted by atomic mass is 79.9. The minimum atomic E-state index is -3.85. The summed E-state index contributed by atoms with van der Waals surface area (Å²) in [5.74, 6) is 0. The van der Waals surface area contributed by atoms with Crippen molar-refractivity contribution in [1.82, 2.24) is 4.98 Å². The number of alkyl halides is 1. The van der Waals surface area contributed by atoms with E-state index in [4.69, 9.17) is 27.9 Å². The molecule has 0 saturated carbocycles. The van der Waals surface area contributed by atoms with E-state index in [1.165, 1.54) is 25.4 Å². The second-order valence-electron chi connectivity index (χ2n) is 6.65. The Kier molecular flexibility index (Phi) is 6.62. The Hall–Kier alpha value is -0.860. The molecule has 1 atom stereocenters. The molecule has 0 fully saturated rings. The van der Waals surface area contributed by atoms with Gasteiger partial charge >= 0.3 is 0 Å². The van der Waals surface area contributed by atoms with Gasteiger partial charge in [0.05, 0.1) is 15.6 Å². The Morgan fingerprint density at radius 1 is 1.27 bits per heavy atom. The molecule has 0 amide bonds. The standard InChI is InChI=1S/C17H19BrCl2N2O3S/c1-17(2,3)13-8-11(5-6-12(13)16(20)25-4)26(23,24)22-14-7-10(19)9-21-15(14)18/h5-9,16,22H,1-4H3. The molecule has 26 heavy (non-hydrogen) atoms. The maximum Gasteiger partial charge on any atom is 0.261 e. The van der Waals surface area contributed by atoms with Crippen molar-refractivity contribution in [1.29, 1.82) is 0 Å². The number of pyridine rings is 1. The number of nitrogens with one attached hydrogen (secondary N) is 1. The summed E-state index contributed by atoms with van der Waals surface area (Å²) in [4.78, 5) is 4.09. The van der Waals surface area contributed by atoms with Gasteiger partial charge in [0.15, 0.2) is 5.56 Å². The number of sulfonamides is 1. The van der Waals surface area contributed by atoms with Crippen molar-refractivity contribution < 1.29 is 13.2 Å². The van der Waals surface area contributed by atoms with Crippen LogP contribution in [0.15, 0.2) is 40.0 Å². The van der Waals surface area contributed by atoms with Crippen molar-refractivity contribution in [2.75, 3.05) is 11.8 Å². The van der Waals surface area contributed by atoms with Crippen LogP contribution in [0.1, 0.15) is 37.5 Å². The monoisotopic (exact) mass is 480 g/mol. The fourth-order valence-corrected chi connectivity index (χ4v) is 4.25. The van der Waals surface area contributed by atoms with Crippen LogP contribution in [0.25, 0.3) is 0 Å². The molecule has 1 heterocycles. The molecule has 142 valence electrons. The summed E-state index contributed by atoms with van der Waals surface area (Å²) in [5, 5.41) is 0.321. The Balaban J connectivity index is 2.51. The third-order valence-electron chi connectivity index (χ3n) is 3.64. The molecule has 1 N–H and O–H groups in total. The number of hydrogen-bond acceptors (Lipinski definition) is 4. The van der Waals surface area contributed by atoms with E-state index in [-0.39, 0.29) is 16.0 Å². The molecular formula is C17H19BrCl2N2O3S. The van der Waals surface area contributed by atoms with Gasteiger partial charge in [-0.1, -0.05) is 50.0 Å². The molecule has 0 saturated heterocycles. The Labute approximate surface area is 172 Å². The Morgan fingerprint density at radius 3 is 2.50 bits per heavy atom. The lowest BCUT2D eigenvalue weighted by Gasteiger charge is -2.25. The SMILES string of the molecule is COC(Cl)c1ccc(S(=O)(=O)Nc2cc(Cl)cnc2Br)cc1C(C)(C)C. The van der Waals surface area contributed by atoms with Gasteiger partial charge < -0.3 is 4.74 Å². The molecule has 0 aliphatic rings. The molecule has 2 rings (SSSR count). The van der Waals surface area contributed by atoms with Gasteiger partial charge in [-0.15, -0.1) is 0 Å². The number of benzene rings is 1. The summed E-state index contributed by atoms with van der Waals surface area (Å²) in [6.45, 7) is 5.94. The zero-order chi connectivity index (χ0) is 19.7. The van der Waals surface area contributed by atoms with Gasteiger partial charge in [-0.2, -0.15) is 0 Å². The summed E-state index contributed by atoms with van der Waals surface area (Å²) < 4.78 is 33.7. The summed E-state index contributed by atoms with van der Waals surface area (Å²) in [6.07, 6.45) is 1.42. The molecule has 0 spiro atoms. The van der Waals surface area contributed by atoms with Gasteiger partial charge in [0.25, 0.3) is 10.0 Å². The number of rotatable bonds is 5. The van der Waals surface area contributed by atoms with Gasteiger partial charge in [0.1, 0.15) is 4.60 Å². The van der Waals surface area contributed by atoms with E-state index in [9.17, 15) is 8.42 Å². The molecule has 1 unspecified atom stereocenters. The predicted molar refractivity (Wildman–Crippen MR) is 109 cm³/mol. The zero-order valence-electron chi connectivity index (χ0n) is 14.7. The Morgan fingerprint density at radius 2 is 1.92 bits per heavy atom. The first-order valence-corrected chi connectivity index (χ1v) is 10.7. The van der Waals surface area contributed by atoms with Crippen LogP contribution < -0.4 is 4.72 Å². The molecule has 2 aromatic rings. The maximum absolute atomic E-state index is 12.8. The van der Waals surface area contributed by atoms with Crippen molar-refractivity contribution >= 4 is 54.8 Å². The largest absolute Gasteiger partial charge is 0.361 e. The molecule has 0 aliphatic heterocycles. The van der Waals surface area contributed by atoms with E-state index in [0.717, 1.165) is 11.1 Å². The first kappa shape index (κ1) is 21.4. The van der Waals surface area contributed by atoms with Gasteiger partial charge in [-0.25, -0.2) is 13.4 Å². The van der Waals surface area contributed by atoms with Crippen LogP contribution in [-0.4, -0.2) is 20.5 Å². The molecule has 0 bridgehead atoms. The number of halogens is 3. The average Bonchev–Trinajstić information content (AvgIpc) is 2.56. The topological polar surface area (TPSA) is 68.3 Å². The van der Waals surface area contributed by atoms with Crippen LogP contribution in [0.2, 0.25) is 5.02 Å². The highest BCUT2D eigenvalue weighted by Crippen LogP contribution is 2.35. The second-order valence-corrected chi connectivity index (χ2v) is 9.91. The third-order valence-corrected chi connectivity index (χ3v) is 6.26. The average molecular weight is 482 g/mol. The molecule has 9 heteroatoms. The molecular weight excluding hydrogens is 463 g/mol. The van der Waals surface area contributed by atoms with Crippen LogP contribution in [-0.2, 0) is 20.2 Å². The van der Waals surface area contributed by atoms with E-state index in [1.807, 2.05) is 20.8 Å². The lowest BCUT2D eigenvalue weighted by atomic mass is 9.84. The van der Waals surface area contributed by atoms with Crippen LogP contribution in [0, 0.1) is 0 Å². The van der Waals surface area contributed by atoms with Crippen LogP contribution in [0.4, 0.5) is 5.69 Å². The molecule has 0 aliphatic carbocycles. The maximum atomic E-state index is 12.8. The van der Waals surface area contributed by atoms with E-state index < -0.39 is 15.6 Å². The quantitative estimate of drug-likeness (QED) is 0.453. The van der Waals surface area contributed by atoms with Crippen LogP contribution in [0.3, 0.4) is 0 Å². The minimum absolute atomic E-state index is 0.109. The van der Waals surface area contributed by atoms with Gasteiger partial charge in [0, 0.05) is 13.3 Å². The fraction of sp³-hybridized carbons (Fsp3) is 0.353. The van der Waals surface area contributed by atoms with Crippen molar-refractivity contribution in [3.8, 4) is 0 Å². The van der Waals surface area contributed by atoms with Crippen molar-refractivity contribution in [3.63, 3.8) is 0 Å². The third kappa shape index (κ3) is 4.89. The van der Waals surface area contributed by atoms with Crippen LogP contribution >= 0.6 is 39.1 Å². The predicted octanol–water partition coefficient (Wildman–Crippen LogP) is 5.48. The number of methoxy groups -OCH3 is 1. The number of ether oxygens (including phenoxy) is 1. The Bertz CT molecular complexity index is 915. The highest BCUT2D eigenvalue weighted by molar-refractivity contribution is 9.10. The zero-order valence-corrected chi connectivity index (χ0v) is 18.6. The second kappa shape index (κ2) is 8.02. The first-order valence-electron chi connectivity index (χ1n) is 7.61. The number of anilines is 1. The smallest absolute Gasteiger partial charge is 0.261 e. The fourth-order valence-electron chi connectivity index (χ4n) is 2.37. The number of aromatic nitrogens is 1. The van der Waals surface area contributed by atoms with Crippen LogP contribution in [0.5, 0.6) is 0 Å². The minimum Gasteiger partial charge on any atom is -0.361 e.